The molecule has 0 N–H and O–H groups in total. The van der Waals surface area contributed by atoms with E-state index in [1.165, 1.54) is 10.4 Å². The summed E-state index contributed by atoms with van der Waals surface area (Å²) < 4.78 is 26.8. The Morgan fingerprint density at radius 3 is 2.79 bits per heavy atom. The number of amides is 1. The van der Waals surface area contributed by atoms with E-state index in [2.05, 4.69) is 6.58 Å². The Labute approximate surface area is 145 Å². The predicted octanol–water partition coefficient (Wildman–Crippen LogP) is 2.51. The zero-order valence-corrected chi connectivity index (χ0v) is 14.7. The van der Waals surface area contributed by atoms with Crippen LogP contribution in [0.1, 0.15) is 5.56 Å². The molecular weight excluding hydrogens is 344 g/mol. The predicted molar refractivity (Wildman–Crippen MR) is 95.8 cm³/mol. The summed E-state index contributed by atoms with van der Waals surface area (Å²) in [6.45, 7) is 4.10. The SMILES string of the molecule is C=CCN(CC(=O)N1CCc2ccccc21)S(=O)(=O)c1cccs1. The molecule has 24 heavy (non-hydrogen) atoms. The van der Waals surface area contributed by atoms with Crippen LogP contribution in [0.4, 0.5) is 5.69 Å². The Kier molecular flexibility index (Phi) is 4.84. The number of carbonyl (C=O) groups excluding carboxylic acids is 1. The first kappa shape index (κ1) is 16.9. The lowest BCUT2D eigenvalue weighted by Gasteiger charge is -2.23. The number of fused-ring (bicyclic) bond motifs is 1. The van der Waals surface area contributed by atoms with E-state index in [0.29, 0.717) is 6.54 Å². The molecule has 3 rings (SSSR count). The first-order valence-electron chi connectivity index (χ1n) is 7.57. The highest BCUT2D eigenvalue weighted by Gasteiger charge is 2.30. The van der Waals surface area contributed by atoms with Crippen molar-refractivity contribution in [3.05, 3.63) is 60.0 Å². The number of rotatable bonds is 6. The number of anilines is 1. The molecule has 0 saturated carbocycles. The van der Waals surface area contributed by atoms with Gasteiger partial charge in [-0.15, -0.1) is 17.9 Å². The molecule has 1 amide bonds. The fourth-order valence-corrected chi connectivity index (χ4v) is 5.27. The third-order valence-corrected chi connectivity index (χ3v) is 7.11. The fourth-order valence-electron chi connectivity index (χ4n) is 2.76. The van der Waals surface area contributed by atoms with E-state index in [9.17, 15) is 13.2 Å². The molecule has 2 heterocycles. The molecule has 7 heteroatoms. The van der Waals surface area contributed by atoms with E-state index in [-0.39, 0.29) is 23.2 Å². The van der Waals surface area contributed by atoms with Gasteiger partial charge >= 0.3 is 0 Å². The molecule has 0 saturated heterocycles. The van der Waals surface area contributed by atoms with Crippen molar-refractivity contribution < 1.29 is 13.2 Å². The Bertz CT molecular complexity index is 844. The Hall–Kier alpha value is -1.96. The van der Waals surface area contributed by atoms with Crippen molar-refractivity contribution in [2.75, 3.05) is 24.5 Å². The average Bonchev–Trinajstić information content (AvgIpc) is 3.24. The summed E-state index contributed by atoms with van der Waals surface area (Å²) in [5, 5.41) is 1.71. The number of benzene rings is 1. The van der Waals surface area contributed by atoms with Crippen LogP contribution in [0.15, 0.2) is 58.6 Å². The van der Waals surface area contributed by atoms with Gasteiger partial charge in [0.2, 0.25) is 5.91 Å². The van der Waals surface area contributed by atoms with Gasteiger partial charge in [0.25, 0.3) is 10.0 Å². The summed E-state index contributed by atoms with van der Waals surface area (Å²) in [5.74, 6) is -0.220. The second-order valence-electron chi connectivity index (χ2n) is 5.44. The number of nitrogens with zero attached hydrogens (tertiary/aromatic N) is 2. The number of carbonyl (C=O) groups is 1. The number of hydrogen-bond acceptors (Lipinski definition) is 4. The molecule has 126 valence electrons. The van der Waals surface area contributed by atoms with Gasteiger partial charge in [0.05, 0.1) is 6.54 Å². The molecule has 0 radical (unpaired) electrons. The summed E-state index contributed by atoms with van der Waals surface area (Å²) in [5.41, 5.74) is 1.98. The normalized spacial score (nSPS) is 14.0. The van der Waals surface area contributed by atoms with E-state index in [1.54, 1.807) is 22.4 Å². The van der Waals surface area contributed by atoms with Crippen molar-refractivity contribution in [2.24, 2.45) is 0 Å². The number of hydrogen-bond donors (Lipinski definition) is 0. The van der Waals surface area contributed by atoms with Gasteiger partial charge in [-0.05, 0) is 29.5 Å². The van der Waals surface area contributed by atoms with E-state index in [4.69, 9.17) is 0 Å². The summed E-state index contributed by atoms with van der Waals surface area (Å²) in [7, 11) is -3.69. The summed E-state index contributed by atoms with van der Waals surface area (Å²) >= 11 is 1.14. The molecule has 5 nitrogen and oxygen atoms in total. The summed E-state index contributed by atoms with van der Waals surface area (Å²) in [4.78, 5) is 14.4. The van der Waals surface area contributed by atoms with E-state index in [0.717, 1.165) is 29.0 Å². The number of sulfonamides is 1. The Morgan fingerprint density at radius 2 is 2.08 bits per heavy atom. The maximum absolute atomic E-state index is 12.7. The molecule has 0 spiro atoms. The van der Waals surface area contributed by atoms with Gasteiger partial charge in [-0.25, -0.2) is 8.42 Å². The highest BCUT2D eigenvalue weighted by atomic mass is 32.2. The maximum atomic E-state index is 12.7. The molecule has 0 unspecified atom stereocenters. The maximum Gasteiger partial charge on any atom is 0.253 e. The summed E-state index contributed by atoms with van der Waals surface area (Å²) in [6.07, 6.45) is 2.29. The standard InChI is InChI=1S/C17H18N2O3S2/c1-2-10-18(24(21,22)17-8-5-12-23-17)13-16(20)19-11-9-14-6-3-4-7-15(14)19/h2-8,12H,1,9-11,13H2. The molecule has 1 aromatic carbocycles. The smallest absolute Gasteiger partial charge is 0.253 e. The monoisotopic (exact) mass is 362 g/mol. The lowest BCUT2D eigenvalue weighted by Crippen LogP contribution is -2.42. The largest absolute Gasteiger partial charge is 0.311 e. The molecule has 1 aromatic heterocycles. The molecule has 0 aliphatic carbocycles. The molecule has 2 aromatic rings. The van der Waals surface area contributed by atoms with Crippen LogP contribution in [0, 0.1) is 0 Å². The van der Waals surface area contributed by atoms with Crippen molar-refractivity contribution in [1.82, 2.24) is 4.31 Å². The van der Waals surface area contributed by atoms with Gasteiger partial charge in [-0.1, -0.05) is 30.3 Å². The number of para-hydroxylation sites is 1. The van der Waals surface area contributed by atoms with E-state index in [1.807, 2.05) is 24.3 Å². The van der Waals surface area contributed by atoms with Gasteiger partial charge < -0.3 is 4.90 Å². The van der Waals surface area contributed by atoms with Crippen LogP contribution in [-0.4, -0.2) is 38.3 Å². The van der Waals surface area contributed by atoms with Gasteiger partial charge in [0.1, 0.15) is 4.21 Å². The zero-order chi connectivity index (χ0) is 17.2. The minimum atomic E-state index is -3.69. The van der Waals surface area contributed by atoms with Crippen LogP contribution < -0.4 is 4.90 Å². The minimum Gasteiger partial charge on any atom is -0.311 e. The van der Waals surface area contributed by atoms with Crippen molar-refractivity contribution in [3.63, 3.8) is 0 Å². The Balaban J connectivity index is 1.82. The molecule has 0 bridgehead atoms. The topological polar surface area (TPSA) is 57.7 Å². The molecule has 1 aliphatic heterocycles. The van der Waals surface area contributed by atoms with Crippen LogP contribution in [-0.2, 0) is 21.2 Å². The van der Waals surface area contributed by atoms with Crippen LogP contribution in [0.5, 0.6) is 0 Å². The van der Waals surface area contributed by atoms with Crippen molar-refractivity contribution in [1.29, 1.82) is 0 Å². The third kappa shape index (κ3) is 3.15. The van der Waals surface area contributed by atoms with Crippen LogP contribution in [0.25, 0.3) is 0 Å². The first-order valence-corrected chi connectivity index (χ1v) is 9.89. The zero-order valence-electron chi connectivity index (χ0n) is 13.1. The summed E-state index contributed by atoms with van der Waals surface area (Å²) in [6, 6.07) is 10.9. The minimum absolute atomic E-state index is 0.0987. The number of thiophene rings is 1. The Morgan fingerprint density at radius 1 is 1.29 bits per heavy atom. The van der Waals surface area contributed by atoms with Crippen molar-refractivity contribution in [3.8, 4) is 0 Å². The first-order chi connectivity index (χ1) is 11.5. The van der Waals surface area contributed by atoms with Crippen molar-refractivity contribution >= 4 is 33.0 Å². The third-order valence-electron chi connectivity index (χ3n) is 3.92. The second kappa shape index (κ2) is 6.88. The van der Waals surface area contributed by atoms with Gasteiger partial charge in [0, 0.05) is 18.8 Å². The van der Waals surface area contributed by atoms with E-state index >= 15 is 0 Å². The van der Waals surface area contributed by atoms with Gasteiger partial charge in [-0.2, -0.15) is 4.31 Å². The van der Waals surface area contributed by atoms with E-state index < -0.39 is 10.0 Å². The quantitative estimate of drug-likeness (QED) is 0.742. The second-order valence-corrected chi connectivity index (χ2v) is 8.55. The van der Waals surface area contributed by atoms with Crippen LogP contribution in [0.3, 0.4) is 0 Å². The lowest BCUT2D eigenvalue weighted by molar-refractivity contribution is -0.118. The van der Waals surface area contributed by atoms with Gasteiger partial charge in [-0.3, -0.25) is 4.79 Å². The average molecular weight is 362 g/mol. The van der Waals surface area contributed by atoms with Crippen LogP contribution >= 0.6 is 11.3 Å². The molecular formula is C17H18N2O3S2. The van der Waals surface area contributed by atoms with Gasteiger partial charge in [0.15, 0.2) is 0 Å². The van der Waals surface area contributed by atoms with Crippen molar-refractivity contribution in [2.45, 2.75) is 10.6 Å². The molecule has 0 fully saturated rings. The molecule has 1 aliphatic rings. The lowest BCUT2D eigenvalue weighted by atomic mass is 10.2. The highest BCUT2D eigenvalue weighted by molar-refractivity contribution is 7.91. The fraction of sp³-hybridized carbons (Fsp3) is 0.235. The van der Waals surface area contributed by atoms with Crippen LogP contribution in [0.2, 0.25) is 0 Å². The molecule has 0 atom stereocenters. The highest BCUT2D eigenvalue weighted by Crippen LogP contribution is 2.28.